The zero-order valence-corrected chi connectivity index (χ0v) is 19.5. The molecular weight excluding hydrogens is 495 g/mol. The largest absolute Gasteiger partial charge is 0.489 e. The van der Waals surface area contributed by atoms with E-state index in [9.17, 15) is 21.6 Å². The zero-order chi connectivity index (χ0) is 22.4. The molecular formula is C19H22BrClF3NO3S. The Bertz CT molecular complexity index is 937. The highest BCUT2D eigenvalue weighted by molar-refractivity contribution is 9.10. The predicted molar refractivity (Wildman–Crippen MR) is 114 cm³/mol. The summed E-state index contributed by atoms with van der Waals surface area (Å²) in [7, 11) is 1.42. The third-order valence-corrected chi connectivity index (χ3v) is 5.63. The molecule has 0 unspecified atom stereocenters. The number of benzene rings is 2. The van der Waals surface area contributed by atoms with Gasteiger partial charge in [-0.25, -0.2) is 8.42 Å². The van der Waals surface area contributed by atoms with Crippen LogP contribution < -0.4 is 9.64 Å². The smallest absolute Gasteiger partial charge is 0.416 e. The highest BCUT2D eigenvalue weighted by Gasteiger charge is 2.32. The monoisotopic (exact) mass is 515 g/mol. The van der Waals surface area contributed by atoms with E-state index in [1.165, 1.54) is 24.3 Å². The van der Waals surface area contributed by atoms with E-state index in [2.05, 4.69) is 15.9 Å². The molecule has 0 N–H and O–H groups in total. The van der Waals surface area contributed by atoms with Crippen molar-refractivity contribution >= 4 is 47.0 Å². The first-order valence-electron chi connectivity index (χ1n) is 8.93. The molecule has 0 saturated carbocycles. The van der Waals surface area contributed by atoms with Crippen molar-refractivity contribution in [1.29, 1.82) is 0 Å². The molecule has 0 amide bonds. The lowest BCUT2D eigenvalue weighted by Crippen LogP contribution is -2.29. The first kappa shape index (κ1) is 25.6. The van der Waals surface area contributed by atoms with Crippen LogP contribution in [0.15, 0.2) is 45.8 Å². The van der Waals surface area contributed by atoms with Crippen molar-refractivity contribution in [3.63, 3.8) is 0 Å². The molecule has 162 valence electrons. The van der Waals surface area contributed by atoms with Crippen molar-refractivity contribution in [3.8, 4) is 5.75 Å². The Morgan fingerprint density at radius 1 is 1.03 bits per heavy atom. The molecule has 0 fully saturated rings. The van der Waals surface area contributed by atoms with E-state index in [0.717, 1.165) is 12.1 Å². The maximum absolute atomic E-state index is 12.8. The molecule has 3 rings (SSSR count). The summed E-state index contributed by atoms with van der Waals surface area (Å²) in [4.78, 5) is 1.63. The van der Waals surface area contributed by atoms with Gasteiger partial charge in [-0.1, -0.05) is 27.7 Å². The highest BCUT2D eigenvalue weighted by Crippen LogP contribution is 2.42. The molecule has 2 aromatic carbocycles. The van der Waals surface area contributed by atoms with Crippen LogP contribution >= 0.6 is 26.6 Å². The molecule has 2 aromatic rings. The van der Waals surface area contributed by atoms with Gasteiger partial charge in [-0.05, 0) is 46.3 Å². The van der Waals surface area contributed by atoms with Gasteiger partial charge < -0.3 is 9.64 Å². The zero-order valence-electron chi connectivity index (χ0n) is 16.3. The molecule has 0 bridgehead atoms. The van der Waals surface area contributed by atoms with Gasteiger partial charge in [-0.15, -0.1) is 0 Å². The van der Waals surface area contributed by atoms with Crippen LogP contribution in [0, 0.1) is 0 Å². The number of halogens is 5. The third kappa shape index (κ3) is 6.26. The summed E-state index contributed by atoms with van der Waals surface area (Å²) in [6.07, 6.45) is -4.44. The van der Waals surface area contributed by atoms with Gasteiger partial charge in [-0.3, -0.25) is 0 Å². The minimum absolute atomic E-state index is 0.110. The summed E-state index contributed by atoms with van der Waals surface area (Å²) < 4.78 is 67.1. The van der Waals surface area contributed by atoms with Crippen LogP contribution in [0.2, 0.25) is 0 Å². The minimum atomic E-state index is -4.44. The van der Waals surface area contributed by atoms with Crippen LogP contribution in [-0.2, 0) is 15.2 Å². The van der Waals surface area contributed by atoms with Gasteiger partial charge in [0.25, 0.3) is 9.05 Å². The number of hydrogen-bond donors (Lipinski definition) is 0. The average molecular weight is 517 g/mol. The van der Waals surface area contributed by atoms with E-state index < -0.39 is 20.8 Å². The van der Waals surface area contributed by atoms with E-state index >= 15 is 0 Å². The Morgan fingerprint density at radius 2 is 1.62 bits per heavy atom. The number of hydrogen-bond acceptors (Lipinski definition) is 4. The van der Waals surface area contributed by atoms with Crippen molar-refractivity contribution in [2.24, 2.45) is 0 Å². The van der Waals surface area contributed by atoms with Crippen LogP contribution in [0.3, 0.4) is 0 Å². The molecule has 1 aliphatic heterocycles. The number of fused-ring (bicyclic) bond motifs is 1. The Kier molecular flexibility index (Phi) is 9.30. The van der Waals surface area contributed by atoms with Gasteiger partial charge in [-0.2, -0.15) is 13.2 Å². The molecule has 0 radical (unpaired) electrons. The summed E-state index contributed by atoms with van der Waals surface area (Å²) in [5.74, 6) is 0.291. The van der Waals surface area contributed by atoms with Gasteiger partial charge in [0.15, 0.2) is 0 Å². The van der Waals surface area contributed by atoms with Crippen LogP contribution in [0.4, 0.5) is 24.5 Å². The fourth-order valence-corrected chi connectivity index (χ4v) is 3.86. The second-order valence-corrected chi connectivity index (χ2v) is 8.65. The van der Waals surface area contributed by atoms with E-state index in [0.29, 0.717) is 23.7 Å². The summed E-state index contributed by atoms with van der Waals surface area (Å²) in [5.41, 5.74) is 0.287. The molecule has 1 heterocycles. The number of nitrogens with zero attached hydrogens (tertiary/aromatic N) is 1. The number of anilines is 2. The number of ether oxygens (including phenoxy) is 1. The van der Waals surface area contributed by atoms with Crippen molar-refractivity contribution in [1.82, 2.24) is 0 Å². The van der Waals surface area contributed by atoms with Crippen LogP contribution in [0.5, 0.6) is 5.75 Å². The fraction of sp³-hybridized carbons (Fsp3) is 0.368. The second kappa shape index (κ2) is 10.5. The second-order valence-electron chi connectivity index (χ2n) is 5.23. The fourth-order valence-electron chi connectivity index (χ4n) is 2.50. The van der Waals surface area contributed by atoms with Gasteiger partial charge in [0.2, 0.25) is 0 Å². The van der Waals surface area contributed by atoms with Gasteiger partial charge >= 0.3 is 6.18 Å². The van der Waals surface area contributed by atoms with Gasteiger partial charge in [0, 0.05) is 21.2 Å². The van der Waals surface area contributed by atoms with E-state index in [1.807, 2.05) is 27.7 Å². The summed E-state index contributed by atoms with van der Waals surface area (Å²) in [5, 5.41) is 0. The highest BCUT2D eigenvalue weighted by atomic mass is 79.9. The third-order valence-electron chi connectivity index (χ3n) is 3.64. The number of alkyl halides is 3. The van der Waals surface area contributed by atoms with Crippen LogP contribution in [0.25, 0.3) is 0 Å². The molecule has 0 saturated heterocycles. The lowest BCUT2D eigenvalue weighted by molar-refractivity contribution is -0.137. The Morgan fingerprint density at radius 3 is 2.14 bits per heavy atom. The molecule has 1 aliphatic rings. The van der Waals surface area contributed by atoms with Gasteiger partial charge in [0.05, 0.1) is 28.4 Å². The Hall–Kier alpha value is -1.45. The van der Waals surface area contributed by atoms with E-state index in [-0.39, 0.29) is 16.0 Å². The molecule has 0 aliphatic carbocycles. The lowest BCUT2D eigenvalue weighted by atomic mass is 10.1. The van der Waals surface area contributed by atoms with E-state index in [1.54, 1.807) is 4.90 Å². The minimum Gasteiger partial charge on any atom is -0.489 e. The Balaban J connectivity index is 0.000000989. The lowest BCUT2D eigenvalue weighted by Gasteiger charge is -2.32. The quantitative estimate of drug-likeness (QED) is 0.404. The van der Waals surface area contributed by atoms with Crippen LogP contribution in [0.1, 0.15) is 33.3 Å². The molecule has 0 spiro atoms. The maximum atomic E-state index is 12.8. The molecule has 4 nitrogen and oxygen atoms in total. The first-order chi connectivity index (χ1) is 13.6. The van der Waals surface area contributed by atoms with Crippen molar-refractivity contribution in [3.05, 3.63) is 46.4 Å². The van der Waals surface area contributed by atoms with Gasteiger partial charge in [0.1, 0.15) is 12.4 Å². The standard InChI is InChI=1S/C15H10BrClF3NO3S.2C2H6/c16-11-7-9(15(18,19)20)1-3-12(11)21-5-6-24-14-8-10(25(17,22)23)2-4-13(14)21;2*1-2/h1-4,7-8H,5-6H2;2*1-2H3. The number of rotatable bonds is 2. The summed E-state index contributed by atoms with van der Waals surface area (Å²) in [6, 6.07) is 7.47. The van der Waals surface area contributed by atoms with Crippen LogP contribution in [-0.4, -0.2) is 21.6 Å². The average Bonchev–Trinajstić information content (AvgIpc) is 2.69. The normalized spacial score (nSPS) is 13.2. The van der Waals surface area contributed by atoms with Crippen molar-refractivity contribution < 1.29 is 26.3 Å². The molecule has 29 heavy (non-hydrogen) atoms. The molecule has 10 heteroatoms. The molecule has 0 atom stereocenters. The predicted octanol–water partition coefficient (Wildman–Crippen LogP) is 6.98. The first-order valence-corrected chi connectivity index (χ1v) is 12.0. The van der Waals surface area contributed by atoms with Crippen molar-refractivity contribution in [2.45, 2.75) is 38.8 Å². The Labute approximate surface area is 182 Å². The topological polar surface area (TPSA) is 46.6 Å². The summed E-state index contributed by atoms with van der Waals surface area (Å²) >= 11 is 3.17. The molecule has 0 aromatic heterocycles. The summed E-state index contributed by atoms with van der Waals surface area (Å²) in [6.45, 7) is 8.64. The maximum Gasteiger partial charge on any atom is 0.416 e. The van der Waals surface area contributed by atoms with Crippen molar-refractivity contribution in [2.75, 3.05) is 18.1 Å². The SMILES string of the molecule is CC.CC.O=S(=O)(Cl)c1ccc2c(c1)OCCN2c1ccc(C(F)(F)F)cc1Br. The van der Waals surface area contributed by atoms with E-state index in [4.69, 9.17) is 15.4 Å².